The van der Waals surface area contributed by atoms with Gasteiger partial charge in [0.1, 0.15) is 6.07 Å². The van der Waals surface area contributed by atoms with E-state index in [0.29, 0.717) is 5.56 Å². The third-order valence-electron chi connectivity index (χ3n) is 3.73. The molecule has 3 rings (SSSR count). The normalized spacial score (nSPS) is 14.9. The van der Waals surface area contributed by atoms with Crippen molar-refractivity contribution in [2.45, 2.75) is 0 Å². The number of pyridine rings is 1. The van der Waals surface area contributed by atoms with Crippen LogP contribution in [0, 0.1) is 11.3 Å². The number of halogens is 1. The first-order valence-corrected chi connectivity index (χ1v) is 7.26. The summed E-state index contributed by atoms with van der Waals surface area (Å²) in [5.41, 5.74) is 2.67. The van der Waals surface area contributed by atoms with Crippen molar-refractivity contribution in [3.63, 3.8) is 0 Å². The second kappa shape index (κ2) is 6.02. The molecule has 0 radical (unpaired) electrons. The lowest BCUT2D eigenvalue weighted by Gasteiger charge is -2.37. The van der Waals surface area contributed by atoms with Gasteiger partial charge in [-0.25, -0.2) is 0 Å². The van der Waals surface area contributed by atoms with Gasteiger partial charge in [0.05, 0.1) is 28.2 Å². The fourth-order valence-electron chi connectivity index (χ4n) is 2.63. The van der Waals surface area contributed by atoms with Crippen LogP contribution in [0.15, 0.2) is 42.7 Å². The molecular formula is C16H15ClN4. The zero-order valence-electron chi connectivity index (χ0n) is 11.5. The Balaban J connectivity index is 1.74. The summed E-state index contributed by atoms with van der Waals surface area (Å²) < 4.78 is 0. The number of hydrogen-bond acceptors (Lipinski definition) is 4. The van der Waals surface area contributed by atoms with E-state index < -0.39 is 0 Å². The van der Waals surface area contributed by atoms with E-state index in [1.54, 1.807) is 18.5 Å². The van der Waals surface area contributed by atoms with Crippen LogP contribution < -0.4 is 9.80 Å². The maximum atomic E-state index is 9.18. The summed E-state index contributed by atoms with van der Waals surface area (Å²) in [7, 11) is 0. The van der Waals surface area contributed by atoms with Crippen molar-refractivity contribution < 1.29 is 0 Å². The molecular weight excluding hydrogens is 284 g/mol. The second-order valence-electron chi connectivity index (χ2n) is 4.93. The molecule has 0 N–H and O–H groups in total. The summed E-state index contributed by atoms with van der Waals surface area (Å²) in [6.45, 7) is 3.46. The molecule has 1 aromatic heterocycles. The zero-order chi connectivity index (χ0) is 14.7. The molecule has 0 saturated carbocycles. The topological polar surface area (TPSA) is 43.2 Å². The predicted molar refractivity (Wildman–Crippen MR) is 84.8 cm³/mol. The minimum Gasteiger partial charge on any atom is -0.367 e. The highest BCUT2D eigenvalue weighted by Gasteiger charge is 2.20. The number of piperazine rings is 1. The summed E-state index contributed by atoms with van der Waals surface area (Å²) in [4.78, 5) is 8.62. The van der Waals surface area contributed by atoms with E-state index in [0.717, 1.165) is 42.6 Å². The van der Waals surface area contributed by atoms with Crippen LogP contribution in [0.1, 0.15) is 5.56 Å². The maximum absolute atomic E-state index is 9.18. The Morgan fingerprint density at radius 1 is 1.00 bits per heavy atom. The van der Waals surface area contributed by atoms with E-state index in [-0.39, 0.29) is 0 Å². The highest BCUT2D eigenvalue weighted by Crippen LogP contribution is 2.27. The van der Waals surface area contributed by atoms with Crippen molar-refractivity contribution in [3.05, 3.63) is 53.3 Å². The molecule has 2 heterocycles. The van der Waals surface area contributed by atoms with Gasteiger partial charge in [0.25, 0.3) is 0 Å². The average Bonchev–Trinajstić information content (AvgIpc) is 2.55. The second-order valence-corrected chi connectivity index (χ2v) is 5.34. The van der Waals surface area contributed by atoms with Gasteiger partial charge in [-0.05, 0) is 18.2 Å². The number of hydrogen-bond donors (Lipinski definition) is 0. The standard InChI is InChI=1S/C16H15ClN4/c17-14-3-1-2-4-15(14)20-7-9-21(10-8-20)16-12-19-6-5-13(16)11-18/h1-6,12H,7-10H2. The van der Waals surface area contributed by atoms with Crippen LogP contribution in [0.4, 0.5) is 11.4 Å². The number of benzene rings is 1. The first-order chi connectivity index (χ1) is 10.3. The Kier molecular flexibility index (Phi) is 3.94. The van der Waals surface area contributed by atoms with Gasteiger partial charge in [-0.15, -0.1) is 0 Å². The third-order valence-corrected chi connectivity index (χ3v) is 4.05. The van der Waals surface area contributed by atoms with Crippen molar-refractivity contribution in [3.8, 4) is 6.07 Å². The van der Waals surface area contributed by atoms with Crippen LogP contribution in [0.3, 0.4) is 0 Å². The van der Waals surface area contributed by atoms with Gasteiger partial charge in [0, 0.05) is 32.4 Å². The number of nitrogens with zero attached hydrogens (tertiary/aromatic N) is 4. The number of aromatic nitrogens is 1. The lowest BCUT2D eigenvalue weighted by Crippen LogP contribution is -2.46. The molecule has 1 saturated heterocycles. The molecule has 0 aliphatic carbocycles. The van der Waals surface area contributed by atoms with E-state index in [4.69, 9.17) is 11.6 Å². The Hall–Kier alpha value is -2.25. The summed E-state index contributed by atoms with van der Waals surface area (Å²) in [6, 6.07) is 11.9. The summed E-state index contributed by atoms with van der Waals surface area (Å²) in [5, 5.41) is 9.97. The van der Waals surface area contributed by atoms with E-state index in [9.17, 15) is 5.26 Å². The van der Waals surface area contributed by atoms with Gasteiger partial charge in [0.2, 0.25) is 0 Å². The molecule has 1 aliphatic rings. The largest absolute Gasteiger partial charge is 0.367 e. The Morgan fingerprint density at radius 2 is 1.67 bits per heavy atom. The van der Waals surface area contributed by atoms with Gasteiger partial charge in [0.15, 0.2) is 0 Å². The smallest absolute Gasteiger partial charge is 0.101 e. The lowest BCUT2D eigenvalue weighted by atomic mass is 10.2. The molecule has 21 heavy (non-hydrogen) atoms. The fraction of sp³-hybridized carbons (Fsp3) is 0.250. The molecule has 0 amide bonds. The van der Waals surface area contributed by atoms with Gasteiger partial charge in [-0.3, -0.25) is 4.98 Å². The van der Waals surface area contributed by atoms with E-state index in [2.05, 4.69) is 20.9 Å². The van der Waals surface area contributed by atoms with Crippen molar-refractivity contribution >= 4 is 23.0 Å². The first-order valence-electron chi connectivity index (χ1n) is 6.88. The molecule has 0 atom stereocenters. The van der Waals surface area contributed by atoms with E-state index >= 15 is 0 Å². The first kappa shape index (κ1) is 13.7. The summed E-state index contributed by atoms with van der Waals surface area (Å²) >= 11 is 6.25. The Labute approximate surface area is 129 Å². The highest BCUT2D eigenvalue weighted by molar-refractivity contribution is 6.33. The average molecular weight is 299 g/mol. The van der Waals surface area contributed by atoms with Gasteiger partial charge >= 0.3 is 0 Å². The van der Waals surface area contributed by atoms with Crippen LogP contribution in [0.2, 0.25) is 5.02 Å². The zero-order valence-corrected chi connectivity index (χ0v) is 12.3. The number of para-hydroxylation sites is 1. The van der Waals surface area contributed by atoms with Crippen molar-refractivity contribution in [2.24, 2.45) is 0 Å². The Morgan fingerprint density at radius 3 is 2.33 bits per heavy atom. The van der Waals surface area contributed by atoms with Crippen molar-refractivity contribution in [1.82, 2.24) is 4.98 Å². The molecule has 4 nitrogen and oxygen atoms in total. The molecule has 106 valence electrons. The molecule has 1 fully saturated rings. The molecule has 1 aliphatic heterocycles. The third kappa shape index (κ3) is 2.79. The lowest BCUT2D eigenvalue weighted by molar-refractivity contribution is 0.652. The summed E-state index contributed by atoms with van der Waals surface area (Å²) in [5.74, 6) is 0. The monoisotopic (exact) mass is 298 g/mol. The van der Waals surface area contributed by atoms with Crippen molar-refractivity contribution in [2.75, 3.05) is 36.0 Å². The van der Waals surface area contributed by atoms with Gasteiger partial charge < -0.3 is 9.80 Å². The van der Waals surface area contributed by atoms with E-state index in [1.165, 1.54) is 0 Å². The van der Waals surface area contributed by atoms with Crippen LogP contribution in [-0.4, -0.2) is 31.2 Å². The van der Waals surface area contributed by atoms with Gasteiger partial charge in [-0.1, -0.05) is 23.7 Å². The number of anilines is 2. The SMILES string of the molecule is N#Cc1ccncc1N1CCN(c2ccccc2Cl)CC1. The van der Waals surface area contributed by atoms with Crippen LogP contribution in [0.25, 0.3) is 0 Å². The number of nitriles is 1. The fourth-order valence-corrected chi connectivity index (χ4v) is 2.88. The van der Waals surface area contributed by atoms with E-state index in [1.807, 2.05) is 24.3 Å². The molecule has 0 spiro atoms. The van der Waals surface area contributed by atoms with Crippen LogP contribution >= 0.6 is 11.6 Å². The Bertz CT molecular complexity index is 672. The van der Waals surface area contributed by atoms with Crippen molar-refractivity contribution in [1.29, 1.82) is 5.26 Å². The molecule has 2 aromatic rings. The van der Waals surface area contributed by atoms with Crippen LogP contribution in [0.5, 0.6) is 0 Å². The molecule has 1 aromatic carbocycles. The maximum Gasteiger partial charge on any atom is 0.101 e. The molecule has 0 unspecified atom stereocenters. The van der Waals surface area contributed by atoms with Gasteiger partial charge in [-0.2, -0.15) is 5.26 Å². The quantitative estimate of drug-likeness (QED) is 0.855. The number of rotatable bonds is 2. The minimum atomic E-state index is 0.677. The highest BCUT2D eigenvalue weighted by atomic mass is 35.5. The minimum absolute atomic E-state index is 0.677. The molecule has 0 bridgehead atoms. The molecule has 5 heteroatoms. The predicted octanol–water partition coefficient (Wildman–Crippen LogP) is 2.93. The summed E-state index contributed by atoms with van der Waals surface area (Å²) in [6.07, 6.45) is 3.42. The van der Waals surface area contributed by atoms with Crippen LogP contribution in [-0.2, 0) is 0 Å².